The number of hydrogen-bond acceptors (Lipinski definition) is 4. The van der Waals surface area contributed by atoms with E-state index in [4.69, 9.17) is 0 Å². The van der Waals surface area contributed by atoms with Gasteiger partial charge >= 0.3 is 0 Å². The van der Waals surface area contributed by atoms with Crippen molar-refractivity contribution in [2.75, 3.05) is 25.0 Å². The molecule has 100 valence electrons. The summed E-state index contributed by atoms with van der Waals surface area (Å²) in [6.45, 7) is 1.51. The van der Waals surface area contributed by atoms with Crippen LogP contribution >= 0.6 is 0 Å². The maximum absolute atomic E-state index is 11.6. The Kier molecular flexibility index (Phi) is 3.89. The van der Waals surface area contributed by atoms with E-state index in [-0.39, 0.29) is 11.0 Å². The van der Waals surface area contributed by atoms with Gasteiger partial charge in [-0.25, -0.2) is 13.1 Å². The van der Waals surface area contributed by atoms with Crippen LogP contribution in [0.2, 0.25) is 0 Å². The van der Waals surface area contributed by atoms with Gasteiger partial charge in [-0.1, -0.05) is 0 Å². The zero-order valence-corrected chi connectivity index (χ0v) is 11.2. The van der Waals surface area contributed by atoms with Gasteiger partial charge in [0.05, 0.1) is 11.0 Å². The number of aliphatic hydroxyl groups is 1. The lowest BCUT2D eigenvalue weighted by Gasteiger charge is -2.32. The Labute approximate surface area is 107 Å². The fourth-order valence-electron chi connectivity index (χ4n) is 2.14. The Hall–Kier alpha value is -1.11. The van der Waals surface area contributed by atoms with Crippen LogP contribution in [0.25, 0.3) is 0 Å². The van der Waals surface area contributed by atoms with Crippen LogP contribution in [0.15, 0.2) is 29.2 Å². The quantitative estimate of drug-likeness (QED) is 0.842. The number of nitrogens with one attached hydrogen (secondary N) is 1. The van der Waals surface area contributed by atoms with Gasteiger partial charge in [0.1, 0.15) is 0 Å². The van der Waals surface area contributed by atoms with Gasteiger partial charge in [0.25, 0.3) is 0 Å². The van der Waals surface area contributed by atoms with E-state index in [1.807, 2.05) is 0 Å². The van der Waals surface area contributed by atoms with E-state index < -0.39 is 10.0 Å². The summed E-state index contributed by atoms with van der Waals surface area (Å²) in [6.07, 6.45) is 1.50. The van der Waals surface area contributed by atoms with Gasteiger partial charge < -0.3 is 10.0 Å². The molecule has 1 atom stereocenters. The predicted octanol–water partition coefficient (Wildman–Crippen LogP) is 0.556. The molecule has 0 saturated carbocycles. The molecule has 1 aromatic carbocycles. The number of aliphatic hydroxyl groups excluding tert-OH is 1. The van der Waals surface area contributed by atoms with Crippen molar-refractivity contribution >= 4 is 15.7 Å². The summed E-state index contributed by atoms with van der Waals surface area (Å²) in [4.78, 5) is 2.33. The summed E-state index contributed by atoms with van der Waals surface area (Å²) in [6, 6.07) is 6.73. The molecule has 0 aromatic heterocycles. The molecule has 0 aliphatic carbocycles. The van der Waals surface area contributed by atoms with Gasteiger partial charge in [-0.2, -0.15) is 0 Å². The molecule has 1 saturated heterocycles. The summed E-state index contributed by atoms with van der Waals surface area (Å²) in [5.74, 6) is 0. The minimum atomic E-state index is -3.37. The van der Waals surface area contributed by atoms with Crippen molar-refractivity contribution < 1.29 is 13.5 Å². The summed E-state index contributed by atoms with van der Waals surface area (Å²) in [5, 5.41) is 9.62. The molecule has 2 N–H and O–H groups in total. The number of β-amino-alcohol motifs (C(OH)–C–C–N with tert-alkyl or cyclic N) is 1. The Balaban J connectivity index is 2.17. The molecule has 18 heavy (non-hydrogen) atoms. The lowest BCUT2D eigenvalue weighted by atomic mass is 10.1. The maximum atomic E-state index is 11.6. The van der Waals surface area contributed by atoms with Gasteiger partial charge in [0.15, 0.2) is 0 Å². The second-order valence-corrected chi connectivity index (χ2v) is 6.33. The number of benzene rings is 1. The molecular weight excluding hydrogens is 252 g/mol. The van der Waals surface area contributed by atoms with Gasteiger partial charge in [-0.15, -0.1) is 0 Å². The molecule has 1 heterocycles. The highest BCUT2D eigenvalue weighted by Crippen LogP contribution is 2.21. The second-order valence-electron chi connectivity index (χ2n) is 4.44. The van der Waals surface area contributed by atoms with Gasteiger partial charge in [-0.05, 0) is 44.2 Å². The molecule has 1 aromatic rings. The average molecular weight is 270 g/mol. The molecule has 1 aliphatic heterocycles. The first-order chi connectivity index (χ1) is 8.53. The highest BCUT2D eigenvalue weighted by atomic mass is 32.2. The van der Waals surface area contributed by atoms with E-state index in [1.54, 1.807) is 24.3 Å². The monoisotopic (exact) mass is 270 g/mol. The molecule has 2 rings (SSSR count). The van der Waals surface area contributed by atoms with E-state index in [0.717, 1.165) is 25.1 Å². The predicted molar refractivity (Wildman–Crippen MR) is 70.1 cm³/mol. The third-order valence-corrected chi connectivity index (χ3v) is 4.61. The van der Waals surface area contributed by atoms with E-state index in [9.17, 15) is 13.5 Å². The van der Waals surface area contributed by atoms with Crippen molar-refractivity contribution in [2.45, 2.75) is 23.8 Å². The third kappa shape index (κ3) is 2.82. The number of rotatable bonds is 3. The topological polar surface area (TPSA) is 69.6 Å². The van der Waals surface area contributed by atoms with Crippen LogP contribution < -0.4 is 9.62 Å². The van der Waals surface area contributed by atoms with Crippen LogP contribution in [0.5, 0.6) is 0 Å². The van der Waals surface area contributed by atoms with Gasteiger partial charge in [0.2, 0.25) is 10.0 Å². The van der Waals surface area contributed by atoms with Crippen molar-refractivity contribution in [1.29, 1.82) is 0 Å². The molecule has 5 nitrogen and oxygen atoms in total. The minimum Gasteiger partial charge on any atom is -0.391 e. The molecule has 1 fully saturated rings. The number of nitrogens with zero attached hydrogens (tertiary/aromatic N) is 1. The molecule has 6 heteroatoms. The SMILES string of the molecule is CNS(=O)(=O)c1ccc(N2CCCC(O)C2)cc1. The van der Waals surface area contributed by atoms with Gasteiger partial charge in [0, 0.05) is 18.8 Å². The minimum absolute atomic E-state index is 0.256. The van der Waals surface area contributed by atoms with E-state index >= 15 is 0 Å². The average Bonchev–Trinajstić information content (AvgIpc) is 2.39. The maximum Gasteiger partial charge on any atom is 0.240 e. The van der Waals surface area contributed by atoms with Crippen molar-refractivity contribution in [3.8, 4) is 0 Å². The molecule has 1 aliphatic rings. The van der Waals surface area contributed by atoms with Crippen LogP contribution in [0.3, 0.4) is 0 Å². The Morgan fingerprint density at radius 2 is 2.00 bits per heavy atom. The molecule has 1 unspecified atom stereocenters. The van der Waals surface area contributed by atoms with Crippen molar-refractivity contribution in [2.24, 2.45) is 0 Å². The van der Waals surface area contributed by atoms with E-state index in [0.29, 0.717) is 6.54 Å². The zero-order valence-electron chi connectivity index (χ0n) is 10.3. The van der Waals surface area contributed by atoms with Crippen LogP contribution in [-0.4, -0.2) is 39.8 Å². The number of anilines is 1. The fraction of sp³-hybridized carbons (Fsp3) is 0.500. The van der Waals surface area contributed by atoms with Crippen LogP contribution in [0.4, 0.5) is 5.69 Å². The molecule has 0 bridgehead atoms. The van der Waals surface area contributed by atoms with Gasteiger partial charge in [-0.3, -0.25) is 0 Å². The number of hydrogen-bond donors (Lipinski definition) is 2. The van der Waals surface area contributed by atoms with E-state index in [1.165, 1.54) is 7.05 Å². The standard InChI is InChI=1S/C12H18N2O3S/c1-13-18(16,17)12-6-4-10(5-7-12)14-8-2-3-11(15)9-14/h4-7,11,13,15H,2-3,8-9H2,1H3. The van der Waals surface area contributed by atoms with Crippen molar-refractivity contribution in [3.63, 3.8) is 0 Å². The lowest BCUT2D eigenvalue weighted by molar-refractivity contribution is 0.154. The smallest absolute Gasteiger partial charge is 0.240 e. The Morgan fingerprint density at radius 1 is 1.33 bits per heavy atom. The Morgan fingerprint density at radius 3 is 2.56 bits per heavy atom. The van der Waals surface area contributed by atoms with Crippen molar-refractivity contribution in [1.82, 2.24) is 4.72 Å². The number of sulfonamides is 1. The number of piperidine rings is 1. The van der Waals surface area contributed by atoms with E-state index in [2.05, 4.69) is 9.62 Å². The first-order valence-corrected chi connectivity index (χ1v) is 7.48. The summed E-state index contributed by atoms with van der Waals surface area (Å²) < 4.78 is 25.4. The molecule has 0 radical (unpaired) electrons. The summed E-state index contributed by atoms with van der Waals surface area (Å²) in [5.41, 5.74) is 0.948. The third-order valence-electron chi connectivity index (χ3n) is 3.18. The fourth-order valence-corrected chi connectivity index (χ4v) is 2.87. The normalized spacial score (nSPS) is 21.0. The van der Waals surface area contributed by atoms with Crippen LogP contribution in [0, 0.1) is 0 Å². The van der Waals surface area contributed by atoms with Crippen LogP contribution in [-0.2, 0) is 10.0 Å². The molecule has 0 spiro atoms. The first kappa shape index (κ1) is 13.3. The highest BCUT2D eigenvalue weighted by molar-refractivity contribution is 7.89. The second kappa shape index (κ2) is 5.26. The summed E-state index contributed by atoms with van der Waals surface area (Å²) in [7, 11) is -1.98. The Bertz CT molecular complexity index is 499. The highest BCUT2D eigenvalue weighted by Gasteiger charge is 2.18. The molecule has 0 amide bonds. The zero-order chi connectivity index (χ0) is 13.2. The van der Waals surface area contributed by atoms with Crippen LogP contribution in [0.1, 0.15) is 12.8 Å². The summed E-state index contributed by atoms with van der Waals surface area (Å²) >= 11 is 0. The molecular formula is C12H18N2O3S. The van der Waals surface area contributed by atoms with Crippen molar-refractivity contribution in [3.05, 3.63) is 24.3 Å². The lowest BCUT2D eigenvalue weighted by Crippen LogP contribution is -2.38. The first-order valence-electron chi connectivity index (χ1n) is 5.99. The largest absolute Gasteiger partial charge is 0.391 e.